The van der Waals surface area contributed by atoms with Gasteiger partial charge in [-0.1, -0.05) is 6.92 Å². The standard InChI is InChI=1S/C14H15NO4/c1-9(6-13(16)19-3)14(17)10-4-5-12(18-2)11(7-10)8-15/h4-5,7,9H,6H2,1-3H3. The first-order valence-corrected chi connectivity index (χ1v) is 5.72. The van der Waals surface area contributed by atoms with E-state index < -0.39 is 11.9 Å². The third-order valence-electron chi connectivity index (χ3n) is 2.75. The fourth-order valence-corrected chi connectivity index (χ4v) is 1.66. The number of carbonyl (C=O) groups excluding carboxylic acids is 2. The molecule has 0 aliphatic rings. The van der Waals surface area contributed by atoms with Crippen LogP contribution in [0, 0.1) is 17.2 Å². The summed E-state index contributed by atoms with van der Waals surface area (Å²) in [7, 11) is 2.73. The predicted molar refractivity (Wildman–Crippen MR) is 67.8 cm³/mol. The highest BCUT2D eigenvalue weighted by molar-refractivity contribution is 5.99. The molecule has 0 bridgehead atoms. The van der Waals surface area contributed by atoms with Crippen molar-refractivity contribution in [2.75, 3.05) is 14.2 Å². The molecular formula is C14H15NO4. The van der Waals surface area contributed by atoms with Gasteiger partial charge in [0.2, 0.25) is 0 Å². The van der Waals surface area contributed by atoms with Gasteiger partial charge in [-0.3, -0.25) is 9.59 Å². The number of nitrogens with zero attached hydrogens (tertiary/aromatic N) is 1. The number of Topliss-reactive ketones (excluding diaryl/α,β-unsaturated/α-hetero) is 1. The van der Waals surface area contributed by atoms with Crippen LogP contribution in [0.3, 0.4) is 0 Å². The van der Waals surface area contributed by atoms with Crippen LogP contribution in [0.15, 0.2) is 18.2 Å². The lowest BCUT2D eigenvalue weighted by Crippen LogP contribution is -2.16. The lowest BCUT2D eigenvalue weighted by molar-refractivity contribution is -0.141. The zero-order chi connectivity index (χ0) is 14.4. The maximum atomic E-state index is 12.1. The molecule has 0 N–H and O–H groups in total. The van der Waals surface area contributed by atoms with Gasteiger partial charge in [0.1, 0.15) is 11.8 Å². The second kappa shape index (κ2) is 6.55. The lowest BCUT2D eigenvalue weighted by atomic mass is 9.95. The van der Waals surface area contributed by atoms with E-state index in [0.717, 1.165) is 0 Å². The number of ether oxygens (including phenoxy) is 2. The number of benzene rings is 1. The summed E-state index contributed by atoms with van der Waals surface area (Å²) in [5.41, 5.74) is 0.673. The SMILES string of the molecule is COC(=O)CC(C)C(=O)c1ccc(OC)c(C#N)c1. The Balaban J connectivity index is 2.94. The molecule has 0 fully saturated rings. The number of rotatable bonds is 5. The molecule has 19 heavy (non-hydrogen) atoms. The molecule has 0 heterocycles. The summed E-state index contributed by atoms with van der Waals surface area (Å²) < 4.78 is 9.53. The maximum Gasteiger partial charge on any atom is 0.306 e. The maximum absolute atomic E-state index is 12.1. The number of methoxy groups -OCH3 is 2. The van der Waals surface area contributed by atoms with E-state index in [1.807, 2.05) is 6.07 Å². The molecule has 100 valence electrons. The average molecular weight is 261 g/mol. The third-order valence-corrected chi connectivity index (χ3v) is 2.75. The van der Waals surface area contributed by atoms with E-state index in [2.05, 4.69) is 4.74 Å². The van der Waals surface area contributed by atoms with Crippen LogP contribution in [-0.2, 0) is 9.53 Å². The molecule has 1 aromatic carbocycles. The van der Waals surface area contributed by atoms with Gasteiger partial charge in [0.05, 0.1) is 26.2 Å². The largest absolute Gasteiger partial charge is 0.495 e. The van der Waals surface area contributed by atoms with Crippen LogP contribution in [-0.4, -0.2) is 26.0 Å². The minimum Gasteiger partial charge on any atom is -0.495 e. The summed E-state index contributed by atoms with van der Waals surface area (Å²) >= 11 is 0. The summed E-state index contributed by atoms with van der Waals surface area (Å²) in [6.07, 6.45) is 0.0171. The van der Waals surface area contributed by atoms with Gasteiger partial charge in [0, 0.05) is 11.5 Å². The van der Waals surface area contributed by atoms with Crippen LogP contribution in [0.1, 0.15) is 29.3 Å². The molecule has 0 aliphatic carbocycles. The minimum atomic E-state index is -0.493. The van der Waals surface area contributed by atoms with Gasteiger partial charge in [-0.15, -0.1) is 0 Å². The normalized spacial score (nSPS) is 11.3. The lowest BCUT2D eigenvalue weighted by Gasteiger charge is -2.10. The molecule has 0 amide bonds. The van der Waals surface area contributed by atoms with Crippen molar-refractivity contribution in [2.24, 2.45) is 5.92 Å². The van der Waals surface area contributed by atoms with Crippen molar-refractivity contribution in [3.63, 3.8) is 0 Å². The molecule has 0 aromatic heterocycles. The van der Waals surface area contributed by atoms with Gasteiger partial charge in [-0.2, -0.15) is 5.26 Å². The van der Waals surface area contributed by atoms with E-state index in [0.29, 0.717) is 16.9 Å². The summed E-state index contributed by atoms with van der Waals surface area (Å²) in [4.78, 5) is 23.2. The van der Waals surface area contributed by atoms with Gasteiger partial charge in [-0.25, -0.2) is 0 Å². The summed E-state index contributed by atoms with van der Waals surface area (Å²) in [5.74, 6) is -0.716. The molecule has 1 aromatic rings. The van der Waals surface area contributed by atoms with Crippen molar-refractivity contribution in [1.82, 2.24) is 0 Å². The third kappa shape index (κ3) is 3.55. The molecule has 0 saturated heterocycles. The van der Waals surface area contributed by atoms with Crippen LogP contribution in [0.25, 0.3) is 0 Å². The molecule has 0 radical (unpaired) electrons. The van der Waals surface area contributed by atoms with Crippen molar-refractivity contribution in [1.29, 1.82) is 5.26 Å². The van der Waals surface area contributed by atoms with Gasteiger partial charge >= 0.3 is 5.97 Å². The number of ketones is 1. The van der Waals surface area contributed by atoms with Crippen molar-refractivity contribution >= 4 is 11.8 Å². The first-order chi connectivity index (χ1) is 9.03. The Bertz CT molecular complexity index is 531. The van der Waals surface area contributed by atoms with Gasteiger partial charge in [0.25, 0.3) is 0 Å². The Hall–Kier alpha value is -2.35. The van der Waals surface area contributed by atoms with Crippen molar-refractivity contribution in [3.05, 3.63) is 29.3 Å². The first kappa shape index (κ1) is 14.7. The summed E-state index contributed by atoms with van der Waals surface area (Å²) in [5, 5.41) is 8.96. The molecule has 5 nitrogen and oxygen atoms in total. The van der Waals surface area contributed by atoms with E-state index in [9.17, 15) is 9.59 Å². The van der Waals surface area contributed by atoms with Gasteiger partial charge < -0.3 is 9.47 Å². The van der Waals surface area contributed by atoms with Crippen molar-refractivity contribution in [3.8, 4) is 11.8 Å². The number of nitriles is 1. The molecule has 0 spiro atoms. The number of hydrogen-bond acceptors (Lipinski definition) is 5. The highest BCUT2D eigenvalue weighted by Gasteiger charge is 2.20. The first-order valence-electron chi connectivity index (χ1n) is 5.72. The van der Waals surface area contributed by atoms with Gasteiger partial charge in [0.15, 0.2) is 5.78 Å². The Morgan fingerprint density at radius 3 is 2.58 bits per heavy atom. The number of carbonyl (C=O) groups is 2. The molecular weight excluding hydrogens is 246 g/mol. The van der Waals surface area contributed by atoms with E-state index in [4.69, 9.17) is 10.00 Å². The van der Waals surface area contributed by atoms with E-state index in [-0.39, 0.29) is 12.2 Å². The zero-order valence-corrected chi connectivity index (χ0v) is 11.1. The van der Waals surface area contributed by atoms with Crippen molar-refractivity contribution in [2.45, 2.75) is 13.3 Å². The molecule has 1 unspecified atom stereocenters. The molecule has 1 rings (SSSR count). The predicted octanol–water partition coefficient (Wildman–Crippen LogP) is 1.95. The smallest absolute Gasteiger partial charge is 0.306 e. The Morgan fingerprint density at radius 1 is 1.37 bits per heavy atom. The van der Waals surface area contributed by atoms with Crippen LogP contribution in [0.4, 0.5) is 0 Å². The fourth-order valence-electron chi connectivity index (χ4n) is 1.66. The highest BCUT2D eigenvalue weighted by Crippen LogP contribution is 2.21. The summed E-state index contributed by atoms with van der Waals surface area (Å²) in [6.45, 7) is 1.65. The Morgan fingerprint density at radius 2 is 2.05 bits per heavy atom. The Labute approximate surface area is 111 Å². The molecule has 0 aliphatic heterocycles. The van der Waals surface area contributed by atoms with E-state index in [1.54, 1.807) is 19.1 Å². The molecule has 1 atom stereocenters. The van der Waals surface area contributed by atoms with Crippen LogP contribution in [0.5, 0.6) is 5.75 Å². The second-order valence-corrected chi connectivity index (χ2v) is 4.07. The quantitative estimate of drug-likeness (QED) is 0.598. The number of hydrogen-bond donors (Lipinski definition) is 0. The topological polar surface area (TPSA) is 76.4 Å². The zero-order valence-electron chi connectivity index (χ0n) is 11.1. The average Bonchev–Trinajstić information content (AvgIpc) is 2.45. The monoisotopic (exact) mass is 261 g/mol. The number of esters is 1. The highest BCUT2D eigenvalue weighted by atomic mass is 16.5. The van der Waals surface area contributed by atoms with Crippen molar-refractivity contribution < 1.29 is 19.1 Å². The van der Waals surface area contributed by atoms with Crippen LogP contribution >= 0.6 is 0 Å². The molecule has 5 heteroatoms. The van der Waals surface area contributed by atoms with Gasteiger partial charge in [-0.05, 0) is 18.2 Å². The van der Waals surface area contributed by atoms with E-state index >= 15 is 0 Å². The fraction of sp³-hybridized carbons (Fsp3) is 0.357. The van der Waals surface area contributed by atoms with Crippen LogP contribution in [0.2, 0.25) is 0 Å². The molecule has 0 saturated carbocycles. The van der Waals surface area contributed by atoms with E-state index in [1.165, 1.54) is 20.3 Å². The minimum absolute atomic E-state index is 0.0171. The second-order valence-electron chi connectivity index (χ2n) is 4.07. The van der Waals surface area contributed by atoms with Crippen LogP contribution < -0.4 is 4.74 Å². The Kier molecular flexibility index (Phi) is 5.07. The summed E-state index contributed by atoms with van der Waals surface area (Å²) in [6, 6.07) is 6.58.